The van der Waals surface area contributed by atoms with E-state index in [0.717, 1.165) is 0 Å². The average Bonchev–Trinajstić information content (AvgIpc) is 2.10. The standard InChI is InChI=1S/C13H23ClS/c1-7-9-11-12(10-8-2)13(3,4)15(5,6)14/h7-11H,1-6H3/b9-7-,10-8-,12-11+. The predicted octanol–water partition coefficient (Wildman–Crippen LogP) is 5.06. The lowest BCUT2D eigenvalue weighted by molar-refractivity contribution is 0.849. The van der Waals surface area contributed by atoms with Gasteiger partial charge in [-0.3, -0.25) is 0 Å². The number of hydrogen-bond donors (Lipinski definition) is 0. The first-order chi connectivity index (χ1) is 6.77. The van der Waals surface area contributed by atoms with Crippen LogP contribution in [0.5, 0.6) is 0 Å². The first kappa shape index (κ1) is 14.9. The van der Waals surface area contributed by atoms with Crippen LogP contribution in [0.25, 0.3) is 0 Å². The van der Waals surface area contributed by atoms with Crippen molar-refractivity contribution >= 4 is 19.9 Å². The topological polar surface area (TPSA) is 0 Å². The SMILES string of the molecule is C\C=C/C=C(\C=C/C)C(C)(C)S(C)(C)Cl. The van der Waals surface area contributed by atoms with Crippen molar-refractivity contribution in [2.75, 3.05) is 12.5 Å². The lowest BCUT2D eigenvalue weighted by Gasteiger charge is -2.42. The number of rotatable bonds is 4. The van der Waals surface area contributed by atoms with E-state index in [0.29, 0.717) is 0 Å². The van der Waals surface area contributed by atoms with Gasteiger partial charge in [-0.05, 0) is 45.8 Å². The number of allylic oxidation sites excluding steroid dienone is 5. The molecule has 0 rings (SSSR count). The molecule has 0 N–H and O–H groups in total. The van der Waals surface area contributed by atoms with Crippen molar-refractivity contribution in [3.63, 3.8) is 0 Å². The molecule has 0 aromatic carbocycles. The third-order valence-corrected chi connectivity index (χ3v) is 6.54. The Morgan fingerprint density at radius 2 is 1.67 bits per heavy atom. The summed E-state index contributed by atoms with van der Waals surface area (Å²) in [6, 6.07) is 0. The second kappa shape index (κ2) is 5.81. The zero-order chi connectivity index (χ0) is 12.1. The normalized spacial score (nSPS) is 16.6. The van der Waals surface area contributed by atoms with Crippen LogP contribution in [0.4, 0.5) is 0 Å². The molecule has 0 aliphatic heterocycles. The van der Waals surface area contributed by atoms with E-state index in [1.807, 2.05) is 19.9 Å². The van der Waals surface area contributed by atoms with Gasteiger partial charge in [-0.2, -0.15) is 9.24 Å². The Kier molecular flexibility index (Phi) is 5.76. The van der Waals surface area contributed by atoms with E-state index in [-0.39, 0.29) is 4.75 Å². The van der Waals surface area contributed by atoms with Gasteiger partial charge in [0, 0.05) is 4.75 Å². The molecule has 0 atom stereocenters. The second-order valence-electron chi connectivity index (χ2n) is 4.36. The molecular formula is C13H23ClS. The van der Waals surface area contributed by atoms with Crippen molar-refractivity contribution in [1.82, 2.24) is 0 Å². The Balaban J connectivity index is 5.26. The van der Waals surface area contributed by atoms with Crippen LogP contribution in [-0.4, -0.2) is 17.3 Å². The molecule has 0 aliphatic rings. The van der Waals surface area contributed by atoms with Crippen molar-refractivity contribution < 1.29 is 0 Å². The van der Waals surface area contributed by atoms with Crippen LogP contribution in [0.2, 0.25) is 0 Å². The quantitative estimate of drug-likeness (QED) is 0.608. The fraction of sp³-hybridized carbons (Fsp3) is 0.538. The van der Waals surface area contributed by atoms with Gasteiger partial charge >= 0.3 is 0 Å². The molecule has 2 heteroatoms. The van der Waals surface area contributed by atoms with E-state index in [2.05, 4.69) is 50.7 Å². The largest absolute Gasteiger partial charge is 0.159 e. The van der Waals surface area contributed by atoms with Crippen LogP contribution in [0, 0.1) is 0 Å². The minimum absolute atomic E-state index is 0.0283. The van der Waals surface area contributed by atoms with Crippen LogP contribution in [0.3, 0.4) is 0 Å². The minimum Gasteiger partial charge on any atom is -0.159 e. The zero-order valence-corrected chi connectivity index (χ0v) is 12.2. The molecule has 0 aromatic heterocycles. The van der Waals surface area contributed by atoms with Gasteiger partial charge in [0.15, 0.2) is 0 Å². The number of hydrogen-bond acceptors (Lipinski definition) is 0. The third kappa shape index (κ3) is 4.08. The zero-order valence-electron chi connectivity index (χ0n) is 10.7. The summed E-state index contributed by atoms with van der Waals surface area (Å²) in [4.78, 5) is 0. The second-order valence-corrected chi connectivity index (χ2v) is 10.1. The highest BCUT2D eigenvalue weighted by Gasteiger charge is 2.33. The Morgan fingerprint density at radius 3 is 2.00 bits per heavy atom. The summed E-state index contributed by atoms with van der Waals surface area (Å²) < 4.78 is 0.0283. The van der Waals surface area contributed by atoms with Gasteiger partial charge in [0.25, 0.3) is 0 Å². The highest BCUT2D eigenvalue weighted by molar-refractivity contribution is 8.51. The summed E-state index contributed by atoms with van der Waals surface area (Å²) in [7, 11) is 5.38. The molecule has 0 amide bonds. The van der Waals surface area contributed by atoms with Gasteiger partial charge < -0.3 is 0 Å². The molecule has 0 spiro atoms. The highest BCUT2D eigenvalue weighted by atomic mass is 35.7. The summed E-state index contributed by atoms with van der Waals surface area (Å²) in [6.45, 7) is 8.49. The lowest BCUT2D eigenvalue weighted by Crippen LogP contribution is -2.26. The summed E-state index contributed by atoms with van der Waals surface area (Å²) in [5.74, 6) is 0. The molecule has 0 fully saturated rings. The van der Waals surface area contributed by atoms with Crippen LogP contribution in [0.15, 0.2) is 36.0 Å². The molecule has 0 saturated heterocycles. The Hall–Kier alpha value is -0.140. The molecule has 0 saturated carbocycles. The van der Waals surface area contributed by atoms with E-state index in [1.165, 1.54) is 5.57 Å². The van der Waals surface area contributed by atoms with Gasteiger partial charge in [-0.25, -0.2) is 0 Å². The summed E-state index contributed by atoms with van der Waals surface area (Å²) in [6.07, 6.45) is 14.8. The Morgan fingerprint density at radius 1 is 1.13 bits per heavy atom. The maximum Gasteiger partial charge on any atom is 0.0313 e. The first-order valence-electron chi connectivity index (χ1n) is 5.16. The summed E-state index contributed by atoms with van der Waals surface area (Å²) >= 11 is 0. The van der Waals surface area contributed by atoms with Crippen molar-refractivity contribution in [2.24, 2.45) is 0 Å². The van der Waals surface area contributed by atoms with Crippen molar-refractivity contribution in [3.05, 3.63) is 36.0 Å². The fourth-order valence-electron chi connectivity index (χ4n) is 1.12. The smallest absolute Gasteiger partial charge is 0.0313 e. The molecule has 15 heavy (non-hydrogen) atoms. The van der Waals surface area contributed by atoms with Crippen LogP contribution < -0.4 is 0 Å². The predicted molar refractivity (Wildman–Crippen MR) is 77.1 cm³/mol. The van der Waals surface area contributed by atoms with Crippen molar-refractivity contribution in [1.29, 1.82) is 0 Å². The molecule has 0 aliphatic carbocycles. The fourth-order valence-corrected chi connectivity index (χ4v) is 2.08. The molecule has 0 nitrogen and oxygen atoms in total. The van der Waals surface area contributed by atoms with E-state index in [4.69, 9.17) is 10.7 Å². The molecule has 0 radical (unpaired) electrons. The van der Waals surface area contributed by atoms with E-state index in [1.54, 1.807) is 0 Å². The van der Waals surface area contributed by atoms with Gasteiger partial charge in [-0.1, -0.05) is 41.1 Å². The van der Waals surface area contributed by atoms with Gasteiger partial charge in [0.05, 0.1) is 0 Å². The van der Waals surface area contributed by atoms with Crippen molar-refractivity contribution in [3.8, 4) is 0 Å². The van der Waals surface area contributed by atoms with Crippen LogP contribution in [-0.2, 0) is 0 Å². The highest BCUT2D eigenvalue weighted by Crippen LogP contribution is 2.60. The van der Waals surface area contributed by atoms with E-state index >= 15 is 0 Å². The molecule has 88 valence electrons. The Labute approximate surface area is 101 Å². The summed E-state index contributed by atoms with van der Waals surface area (Å²) in [5.41, 5.74) is 1.29. The van der Waals surface area contributed by atoms with Gasteiger partial charge in [0.1, 0.15) is 0 Å². The van der Waals surface area contributed by atoms with E-state index in [9.17, 15) is 0 Å². The number of halogens is 1. The van der Waals surface area contributed by atoms with Gasteiger partial charge in [0.2, 0.25) is 0 Å². The van der Waals surface area contributed by atoms with Crippen LogP contribution in [0.1, 0.15) is 27.7 Å². The minimum atomic E-state index is -1.14. The molecule has 0 heterocycles. The van der Waals surface area contributed by atoms with Gasteiger partial charge in [-0.15, -0.1) is 0 Å². The van der Waals surface area contributed by atoms with Crippen LogP contribution >= 0.6 is 19.9 Å². The summed E-state index contributed by atoms with van der Waals surface area (Å²) in [5, 5.41) is 0. The van der Waals surface area contributed by atoms with E-state index < -0.39 is 9.24 Å². The Bertz CT molecular complexity index is 277. The van der Waals surface area contributed by atoms with Crippen molar-refractivity contribution in [2.45, 2.75) is 32.4 Å². The average molecular weight is 247 g/mol. The molecule has 0 bridgehead atoms. The molecule has 0 aromatic rings. The maximum absolute atomic E-state index is 6.52. The first-order valence-corrected chi connectivity index (χ1v) is 8.43. The lowest BCUT2D eigenvalue weighted by atomic mass is 10.0. The molecule has 0 unspecified atom stereocenters. The monoisotopic (exact) mass is 246 g/mol. The maximum atomic E-state index is 6.52. The third-order valence-electron chi connectivity index (χ3n) is 2.72. The molecular weight excluding hydrogens is 224 g/mol.